The molecule has 0 aliphatic rings. The first kappa shape index (κ1) is 12.9. The van der Waals surface area contributed by atoms with Gasteiger partial charge < -0.3 is 15.6 Å². The minimum absolute atomic E-state index is 0.00236. The van der Waals surface area contributed by atoms with Crippen LogP contribution in [0, 0.1) is 5.92 Å². The maximum absolute atomic E-state index is 8.94. The van der Waals surface area contributed by atoms with E-state index in [4.69, 9.17) is 15.6 Å². The third-order valence-corrected chi connectivity index (χ3v) is 1.83. The van der Waals surface area contributed by atoms with E-state index in [0.717, 1.165) is 6.61 Å². The average Bonchev–Trinajstić information content (AvgIpc) is 2.00. The number of hydrogen-bond acceptors (Lipinski definition) is 3. The molecule has 0 heterocycles. The second kappa shape index (κ2) is 5.58. The van der Waals surface area contributed by atoms with Crippen molar-refractivity contribution in [3.63, 3.8) is 0 Å². The minimum atomic E-state index is -0.517. The number of hydrogen-bond donors (Lipinski definition) is 2. The van der Waals surface area contributed by atoms with Crippen LogP contribution < -0.4 is 5.73 Å². The average molecular weight is 189 g/mol. The van der Waals surface area contributed by atoms with Gasteiger partial charge in [-0.2, -0.15) is 0 Å². The summed E-state index contributed by atoms with van der Waals surface area (Å²) in [7, 11) is 0. The first-order valence-electron chi connectivity index (χ1n) is 4.88. The van der Waals surface area contributed by atoms with Crippen LogP contribution in [0.15, 0.2) is 0 Å². The van der Waals surface area contributed by atoms with Crippen molar-refractivity contribution < 1.29 is 9.84 Å². The third-order valence-electron chi connectivity index (χ3n) is 1.83. The van der Waals surface area contributed by atoms with E-state index in [9.17, 15) is 0 Å². The Morgan fingerprint density at radius 3 is 2.31 bits per heavy atom. The van der Waals surface area contributed by atoms with Crippen molar-refractivity contribution in [3.05, 3.63) is 0 Å². The lowest BCUT2D eigenvalue weighted by molar-refractivity contribution is 0.0223. The Hall–Kier alpha value is -0.120. The van der Waals surface area contributed by atoms with Crippen LogP contribution in [0.4, 0.5) is 0 Å². The van der Waals surface area contributed by atoms with Crippen LogP contribution in [0.5, 0.6) is 0 Å². The summed E-state index contributed by atoms with van der Waals surface area (Å²) in [6.45, 7) is 8.80. The molecule has 0 saturated carbocycles. The minimum Gasteiger partial charge on any atom is -0.394 e. The fraction of sp³-hybridized carbons (Fsp3) is 1.00. The summed E-state index contributed by atoms with van der Waals surface area (Å²) in [4.78, 5) is 0. The van der Waals surface area contributed by atoms with Crippen molar-refractivity contribution in [3.8, 4) is 0 Å². The van der Waals surface area contributed by atoms with Crippen LogP contribution in [-0.2, 0) is 4.74 Å². The fourth-order valence-corrected chi connectivity index (χ4v) is 1.14. The van der Waals surface area contributed by atoms with E-state index in [1.165, 1.54) is 0 Å². The van der Waals surface area contributed by atoms with Gasteiger partial charge in [-0.05, 0) is 26.2 Å². The molecule has 3 heteroatoms. The van der Waals surface area contributed by atoms with Crippen molar-refractivity contribution >= 4 is 0 Å². The molecule has 0 aromatic carbocycles. The zero-order chi connectivity index (χ0) is 10.5. The maximum atomic E-state index is 8.94. The van der Waals surface area contributed by atoms with E-state index < -0.39 is 5.54 Å². The second-order valence-corrected chi connectivity index (χ2v) is 4.55. The SMILES string of the molecule is CC(C)COC(C)CC(C)(N)CO. The Labute approximate surface area is 81.3 Å². The summed E-state index contributed by atoms with van der Waals surface area (Å²) in [5.74, 6) is 0.542. The predicted octanol–water partition coefficient (Wildman–Crippen LogP) is 1.15. The highest BCUT2D eigenvalue weighted by Gasteiger charge is 2.20. The van der Waals surface area contributed by atoms with Crippen LogP contribution in [0.1, 0.15) is 34.1 Å². The molecule has 0 saturated heterocycles. The van der Waals surface area contributed by atoms with Crippen molar-refractivity contribution in [1.29, 1.82) is 0 Å². The zero-order valence-corrected chi connectivity index (χ0v) is 9.21. The van der Waals surface area contributed by atoms with E-state index in [1.807, 2.05) is 13.8 Å². The molecule has 2 unspecified atom stereocenters. The number of aliphatic hydroxyl groups excluding tert-OH is 1. The van der Waals surface area contributed by atoms with Crippen LogP contribution in [-0.4, -0.2) is 30.0 Å². The molecule has 3 N–H and O–H groups in total. The molecule has 0 amide bonds. The summed E-state index contributed by atoms with van der Waals surface area (Å²) in [5.41, 5.74) is 5.28. The van der Waals surface area contributed by atoms with Crippen LogP contribution in [0.2, 0.25) is 0 Å². The molecule has 3 nitrogen and oxygen atoms in total. The van der Waals surface area contributed by atoms with Gasteiger partial charge in [-0.25, -0.2) is 0 Å². The Morgan fingerprint density at radius 2 is 1.92 bits per heavy atom. The summed E-state index contributed by atoms with van der Waals surface area (Å²) >= 11 is 0. The second-order valence-electron chi connectivity index (χ2n) is 4.55. The highest BCUT2D eigenvalue weighted by atomic mass is 16.5. The molecule has 0 fully saturated rings. The molecule has 2 atom stereocenters. The zero-order valence-electron chi connectivity index (χ0n) is 9.21. The first-order chi connectivity index (χ1) is 5.87. The summed E-state index contributed by atoms with van der Waals surface area (Å²) in [6, 6.07) is 0. The number of ether oxygens (including phenoxy) is 1. The molecule has 0 rings (SSSR count). The van der Waals surface area contributed by atoms with Gasteiger partial charge in [0.1, 0.15) is 0 Å². The Balaban J connectivity index is 3.67. The highest BCUT2D eigenvalue weighted by molar-refractivity contribution is 4.79. The molecule has 0 aliphatic heterocycles. The Kier molecular flexibility index (Phi) is 5.53. The Bertz CT molecular complexity index is 135. The molecular formula is C10H23NO2. The molecule has 0 bridgehead atoms. The quantitative estimate of drug-likeness (QED) is 0.659. The van der Waals surface area contributed by atoms with Crippen molar-refractivity contribution in [2.75, 3.05) is 13.2 Å². The molecule has 0 aromatic rings. The van der Waals surface area contributed by atoms with Gasteiger partial charge in [-0.1, -0.05) is 13.8 Å². The van der Waals surface area contributed by atoms with Crippen LogP contribution in [0.3, 0.4) is 0 Å². The third kappa shape index (κ3) is 6.99. The maximum Gasteiger partial charge on any atom is 0.0609 e. The number of nitrogens with two attached hydrogens (primary N) is 1. The summed E-state index contributed by atoms with van der Waals surface area (Å²) in [5, 5.41) is 8.94. The van der Waals surface area contributed by atoms with E-state index in [1.54, 1.807) is 0 Å². The van der Waals surface area contributed by atoms with E-state index in [0.29, 0.717) is 12.3 Å². The van der Waals surface area contributed by atoms with E-state index in [2.05, 4.69) is 13.8 Å². The van der Waals surface area contributed by atoms with Gasteiger partial charge in [0.15, 0.2) is 0 Å². The molecule has 0 spiro atoms. The number of rotatable bonds is 6. The molecule has 0 aromatic heterocycles. The standard InChI is InChI=1S/C10H23NO2/c1-8(2)6-13-9(3)5-10(4,11)7-12/h8-9,12H,5-7,11H2,1-4H3. The topological polar surface area (TPSA) is 55.5 Å². The van der Waals surface area contributed by atoms with Crippen molar-refractivity contribution in [1.82, 2.24) is 0 Å². The molecular weight excluding hydrogens is 166 g/mol. The highest BCUT2D eigenvalue weighted by Crippen LogP contribution is 2.11. The normalized spacial score (nSPS) is 18.7. The van der Waals surface area contributed by atoms with Crippen LogP contribution in [0.25, 0.3) is 0 Å². The molecule has 80 valence electrons. The molecule has 0 aliphatic carbocycles. The van der Waals surface area contributed by atoms with Crippen molar-refractivity contribution in [2.45, 2.75) is 45.8 Å². The van der Waals surface area contributed by atoms with Crippen molar-refractivity contribution in [2.24, 2.45) is 11.7 Å². The largest absolute Gasteiger partial charge is 0.394 e. The lowest BCUT2D eigenvalue weighted by Gasteiger charge is -2.26. The Morgan fingerprint density at radius 1 is 1.38 bits per heavy atom. The predicted molar refractivity (Wildman–Crippen MR) is 54.5 cm³/mol. The van der Waals surface area contributed by atoms with Gasteiger partial charge in [0, 0.05) is 12.1 Å². The lowest BCUT2D eigenvalue weighted by atomic mass is 9.97. The van der Waals surface area contributed by atoms with Crippen LogP contribution >= 0.6 is 0 Å². The summed E-state index contributed by atoms with van der Waals surface area (Å²) in [6.07, 6.45) is 0.806. The van der Waals surface area contributed by atoms with Gasteiger partial charge in [0.05, 0.1) is 12.7 Å². The smallest absolute Gasteiger partial charge is 0.0609 e. The lowest BCUT2D eigenvalue weighted by Crippen LogP contribution is -2.43. The van der Waals surface area contributed by atoms with E-state index >= 15 is 0 Å². The monoisotopic (exact) mass is 189 g/mol. The van der Waals surface area contributed by atoms with Gasteiger partial charge in [-0.3, -0.25) is 0 Å². The fourth-order valence-electron chi connectivity index (χ4n) is 1.14. The van der Waals surface area contributed by atoms with E-state index in [-0.39, 0.29) is 12.7 Å². The number of aliphatic hydroxyl groups is 1. The van der Waals surface area contributed by atoms with Gasteiger partial charge in [0.25, 0.3) is 0 Å². The molecule has 13 heavy (non-hydrogen) atoms. The summed E-state index contributed by atoms with van der Waals surface area (Å²) < 4.78 is 5.55. The van der Waals surface area contributed by atoms with Gasteiger partial charge in [-0.15, -0.1) is 0 Å². The van der Waals surface area contributed by atoms with Gasteiger partial charge >= 0.3 is 0 Å². The molecule has 0 radical (unpaired) electrons. The first-order valence-corrected chi connectivity index (χ1v) is 4.88. The van der Waals surface area contributed by atoms with Gasteiger partial charge in [0.2, 0.25) is 0 Å².